The third kappa shape index (κ3) is 38.2. The molecule has 0 aromatic heterocycles. The minimum Gasteiger partial charge on any atom is -0.637 e. The van der Waals surface area contributed by atoms with Gasteiger partial charge in [0.2, 0.25) is 0 Å². The van der Waals surface area contributed by atoms with Crippen LogP contribution in [0, 0.1) is 52.0 Å². The Bertz CT molecular complexity index is 68.4. The van der Waals surface area contributed by atoms with E-state index in [1.165, 1.54) is 6.42 Å². The van der Waals surface area contributed by atoms with Gasteiger partial charge >= 0.3 is 0 Å². The summed E-state index contributed by atoms with van der Waals surface area (Å²) in [6, 6.07) is 0. The molecule has 17 heavy (non-hydrogen) atoms. The molecule has 0 aromatic carbocycles. The normalized spacial score (nSPS) is 15.0. The molecule has 4 heteroatoms. The van der Waals surface area contributed by atoms with E-state index < -0.39 is 0 Å². The predicted octanol–water partition coefficient (Wildman–Crippen LogP) is 4.40. The molecule has 1 saturated heterocycles. The Morgan fingerprint density at radius 3 is 1.53 bits per heavy atom. The predicted molar refractivity (Wildman–Crippen MR) is 77.6 cm³/mol. The summed E-state index contributed by atoms with van der Waals surface area (Å²) in [4.78, 5) is 0. The summed E-state index contributed by atoms with van der Waals surface area (Å²) in [6.45, 7) is 0.862. The number of aliphatic hydroxyl groups excluding tert-OH is 1. The van der Waals surface area contributed by atoms with Crippen molar-refractivity contribution >= 4 is 0 Å². The van der Waals surface area contributed by atoms with Crippen molar-refractivity contribution in [2.75, 3.05) is 6.54 Å². The molecule has 1 N–H and O–H groups in total. The minimum atomic E-state index is -0.350. The number of aliphatic hydroxyl groups is 1. The number of nitrogens with zero attached hydrogens (tertiary/aromatic N) is 1. The smallest absolute Gasteiger partial charge is 0 e. The van der Waals surface area contributed by atoms with E-state index in [-0.39, 0.29) is 97.2 Å². The van der Waals surface area contributed by atoms with Crippen LogP contribution in [-0.4, -0.2) is 17.9 Å². The Hall–Kier alpha value is 1.17. The van der Waals surface area contributed by atoms with Gasteiger partial charge in [-0.1, -0.05) is 19.3 Å². The van der Waals surface area contributed by atoms with Gasteiger partial charge < -0.3 is 62.4 Å². The molecule has 0 saturated carbocycles. The molecule has 0 aliphatic carbocycles. The van der Waals surface area contributed by atoms with Gasteiger partial charge in [-0.3, -0.25) is 0 Å². The Kier molecular flexibility index (Phi) is 163. The van der Waals surface area contributed by atoms with Gasteiger partial charge in [-0.25, -0.2) is 0 Å². The van der Waals surface area contributed by atoms with Crippen LogP contribution in [0.5, 0.6) is 0 Å². The molecular weight excluding hydrogens is 392 g/mol. The van der Waals surface area contributed by atoms with Crippen LogP contribution >= 0.6 is 0 Å². The van der Waals surface area contributed by atoms with E-state index in [1.807, 2.05) is 0 Å². The maximum Gasteiger partial charge on any atom is 0 e. The molecule has 0 aromatic rings. The van der Waals surface area contributed by atoms with Gasteiger partial charge in [0.1, 0.15) is 0 Å². The molecule has 2 nitrogen and oxygen atoms in total. The zero-order valence-corrected chi connectivity index (χ0v) is 16.0. The third-order valence-electron chi connectivity index (χ3n) is 1.46. The first kappa shape index (κ1) is 63.7. The maximum atomic E-state index is 8.92. The van der Waals surface area contributed by atoms with Gasteiger partial charge in [-0.15, -0.1) is 6.54 Å². The monoisotopic (exact) mass is 425 g/mol. The molecule has 1 aliphatic heterocycles. The standard InChI is InChI=1S/C6H12NO.7CH3.2Rh/c8-6-4-2-1-3-5-7-6;;;;;;;;;/h6,8H,1-5H2;7*1H3;;/q8*-1;;. The zero-order chi connectivity index (χ0) is 5.82. The molecule has 122 valence electrons. The van der Waals surface area contributed by atoms with Gasteiger partial charge in [0.05, 0.1) is 0 Å². The van der Waals surface area contributed by atoms with E-state index in [9.17, 15) is 0 Å². The summed E-state index contributed by atoms with van der Waals surface area (Å²) in [6.07, 6.45) is 4.07. The fraction of sp³-hybridized carbons (Fsp3) is 0.462. The van der Waals surface area contributed by atoms with Crippen LogP contribution in [0.3, 0.4) is 0 Å². The Morgan fingerprint density at radius 1 is 0.706 bits per heavy atom. The minimum absolute atomic E-state index is 0. The van der Waals surface area contributed by atoms with Crippen molar-refractivity contribution in [3.05, 3.63) is 57.3 Å². The molecule has 1 atom stereocenters. The zero-order valence-electron chi connectivity index (χ0n) is 12.7. The topological polar surface area (TPSA) is 34.3 Å². The summed E-state index contributed by atoms with van der Waals surface area (Å²) in [5, 5.41) is 12.9. The Labute approximate surface area is 139 Å². The fourth-order valence-corrected chi connectivity index (χ4v) is 0.947. The summed E-state index contributed by atoms with van der Waals surface area (Å²) in [5.41, 5.74) is 0. The molecule has 1 rings (SSSR count). The number of hydrogen-bond donors (Lipinski definition) is 1. The van der Waals surface area contributed by atoms with Crippen molar-refractivity contribution in [3.63, 3.8) is 0 Å². The van der Waals surface area contributed by atoms with Crippen molar-refractivity contribution in [1.29, 1.82) is 0 Å². The SMILES string of the molecule is OC1CCCCC[N-]1.[CH3-].[CH3-].[CH3-].[CH3-].[CH3-].[CH3-].[CH3-].[Rh].[Rh]. The quantitative estimate of drug-likeness (QED) is 0.453. The molecule has 0 bridgehead atoms. The summed E-state index contributed by atoms with van der Waals surface area (Å²) < 4.78 is 0. The van der Waals surface area contributed by atoms with E-state index in [4.69, 9.17) is 5.11 Å². The second-order valence-corrected chi connectivity index (χ2v) is 2.24. The molecule has 1 unspecified atom stereocenters. The van der Waals surface area contributed by atoms with Crippen LogP contribution in [0.25, 0.3) is 5.32 Å². The largest absolute Gasteiger partial charge is 0.637 e. The summed E-state index contributed by atoms with van der Waals surface area (Å²) >= 11 is 0. The molecule has 0 amide bonds. The van der Waals surface area contributed by atoms with Crippen LogP contribution in [0.2, 0.25) is 0 Å². The van der Waals surface area contributed by atoms with Crippen LogP contribution in [0.4, 0.5) is 0 Å². The summed E-state index contributed by atoms with van der Waals surface area (Å²) in [5.74, 6) is 0. The first-order valence-electron chi connectivity index (χ1n) is 3.24. The van der Waals surface area contributed by atoms with E-state index in [0.29, 0.717) is 0 Å². The van der Waals surface area contributed by atoms with E-state index in [1.54, 1.807) is 0 Å². The van der Waals surface area contributed by atoms with Crippen molar-refractivity contribution in [2.45, 2.75) is 31.9 Å². The third-order valence-corrected chi connectivity index (χ3v) is 1.46. The van der Waals surface area contributed by atoms with Gasteiger partial charge in [-0.2, -0.15) is 0 Å². The first-order chi connectivity index (χ1) is 3.89. The van der Waals surface area contributed by atoms with Gasteiger partial charge in [-0.05, 0) is 12.6 Å². The van der Waals surface area contributed by atoms with E-state index in [2.05, 4.69) is 5.32 Å². The van der Waals surface area contributed by atoms with Crippen LogP contribution in [-0.2, 0) is 39.0 Å². The van der Waals surface area contributed by atoms with E-state index >= 15 is 0 Å². The average molecular weight is 425 g/mol. The second kappa shape index (κ2) is 43.4. The van der Waals surface area contributed by atoms with Gasteiger partial charge in [0.25, 0.3) is 0 Å². The molecule has 1 heterocycles. The van der Waals surface area contributed by atoms with Crippen molar-refractivity contribution in [2.24, 2.45) is 0 Å². The van der Waals surface area contributed by atoms with Crippen LogP contribution in [0.15, 0.2) is 0 Å². The second-order valence-electron chi connectivity index (χ2n) is 2.24. The Morgan fingerprint density at radius 2 is 1.12 bits per heavy atom. The van der Waals surface area contributed by atoms with E-state index in [0.717, 1.165) is 25.8 Å². The van der Waals surface area contributed by atoms with Crippen LogP contribution < -0.4 is 0 Å². The van der Waals surface area contributed by atoms with Gasteiger partial charge in [0, 0.05) is 39.0 Å². The molecule has 2 radical (unpaired) electrons. The van der Waals surface area contributed by atoms with Crippen molar-refractivity contribution < 1.29 is 44.1 Å². The maximum absolute atomic E-state index is 8.92. The molecule has 1 aliphatic rings. The van der Waals surface area contributed by atoms with Crippen molar-refractivity contribution in [1.82, 2.24) is 0 Å². The summed E-state index contributed by atoms with van der Waals surface area (Å²) in [7, 11) is 0. The number of rotatable bonds is 0. The molecular formula is C13H33NORh2-8. The fourth-order valence-electron chi connectivity index (χ4n) is 0.947. The van der Waals surface area contributed by atoms with Gasteiger partial charge in [0.15, 0.2) is 0 Å². The van der Waals surface area contributed by atoms with Crippen LogP contribution in [0.1, 0.15) is 25.7 Å². The molecule has 1 fully saturated rings. The Balaban J connectivity index is -0.0000000102. The average Bonchev–Trinajstić information content (AvgIpc) is 1.94. The van der Waals surface area contributed by atoms with Crippen molar-refractivity contribution in [3.8, 4) is 0 Å². The molecule has 0 spiro atoms. The first-order valence-corrected chi connectivity index (χ1v) is 3.24. The number of hydrogen-bond acceptors (Lipinski definition) is 1.